The van der Waals surface area contributed by atoms with Crippen LogP contribution in [0.3, 0.4) is 0 Å². The van der Waals surface area contributed by atoms with Crippen LogP contribution in [0.25, 0.3) is 0 Å². The Morgan fingerprint density at radius 2 is 1.70 bits per heavy atom. The lowest BCUT2D eigenvalue weighted by Gasteiger charge is -2.31. The van der Waals surface area contributed by atoms with Gasteiger partial charge in [0.2, 0.25) is 10.0 Å². The maximum absolute atomic E-state index is 12.8. The van der Waals surface area contributed by atoms with Gasteiger partial charge in [-0.1, -0.05) is 29.8 Å². The fourth-order valence-corrected chi connectivity index (χ4v) is 5.21. The highest BCUT2D eigenvalue weighted by Crippen LogP contribution is 2.25. The highest BCUT2D eigenvalue weighted by Gasteiger charge is 2.29. The van der Waals surface area contributed by atoms with Gasteiger partial charge in [0, 0.05) is 25.3 Å². The molecule has 162 valence electrons. The van der Waals surface area contributed by atoms with E-state index in [1.807, 2.05) is 51.1 Å². The second-order valence-corrected chi connectivity index (χ2v) is 10.0. The first-order chi connectivity index (χ1) is 14.3. The summed E-state index contributed by atoms with van der Waals surface area (Å²) in [6, 6.07) is 12.6. The van der Waals surface area contributed by atoms with Crippen LogP contribution in [0.15, 0.2) is 47.4 Å². The van der Waals surface area contributed by atoms with Crippen LogP contribution in [-0.4, -0.2) is 38.4 Å². The monoisotopic (exact) mass is 429 g/mol. The zero-order valence-electron chi connectivity index (χ0n) is 17.9. The fourth-order valence-electron chi connectivity index (χ4n) is 3.74. The van der Waals surface area contributed by atoms with Gasteiger partial charge in [-0.2, -0.15) is 4.31 Å². The average molecular weight is 430 g/mol. The highest BCUT2D eigenvalue weighted by molar-refractivity contribution is 7.89. The zero-order valence-corrected chi connectivity index (χ0v) is 18.8. The summed E-state index contributed by atoms with van der Waals surface area (Å²) in [5.74, 6) is 0.412. The van der Waals surface area contributed by atoms with E-state index in [9.17, 15) is 13.2 Å². The van der Waals surface area contributed by atoms with Gasteiger partial charge in [-0.05, 0) is 75.3 Å². The van der Waals surface area contributed by atoms with Crippen molar-refractivity contribution in [3.05, 3.63) is 59.2 Å². The molecule has 1 saturated heterocycles. The summed E-state index contributed by atoms with van der Waals surface area (Å²) in [4.78, 5) is 12.5. The molecule has 2 aromatic rings. The van der Waals surface area contributed by atoms with Crippen molar-refractivity contribution in [1.29, 1.82) is 0 Å². The molecule has 1 fully saturated rings. The molecule has 0 saturated carbocycles. The van der Waals surface area contributed by atoms with Crippen molar-refractivity contribution in [2.24, 2.45) is 5.92 Å². The van der Waals surface area contributed by atoms with Gasteiger partial charge < -0.3 is 10.6 Å². The van der Waals surface area contributed by atoms with E-state index in [1.54, 1.807) is 16.4 Å². The molecule has 3 rings (SSSR count). The van der Waals surface area contributed by atoms with Crippen molar-refractivity contribution in [2.75, 3.05) is 25.0 Å². The minimum Gasteiger partial charge on any atom is -0.338 e. The molecule has 0 atom stereocenters. The Morgan fingerprint density at radius 3 is 2.37 bits per heavy atom. The summed E-state index contributed by atoms with van der Waals surface area (Å²) in [6.45, 7) is 7.57. The Morgan fingerprint density at radius 1 is 1.03 bits per heavy atom. The molecule has 6 nitrogen and oxygen atoms in total. The zero-order chi connectivity index (χ0) is 21.7. The molecular weight excluding hydrogens is 398 g/mol. The topological polar surface area (TPSA) is 78.5 Å². The molecule has 0 aromatic heterocycles. The van der Waals surface area contributed by atoms with Crippen LogP contribution in [-0.2, 0) is 10.0 Å². The predicted octanol–water partition coefficient (Wildman–Crippen LogP) is 4.22. The first-order valence-corrected chi connectivity index (χ1v) is 11.9. The van der Waals surface area contributed by atoms with Crippen molar-refractivity contribution >= 4 is 21.7 Å². The van der Waals surface area contributed by atoms with Gasteiger partial charge in [0.25, 0.3) is 0 Å². The number of rotatable bonds is 6. The second-order valence-electron chi connectivity index (χ2n) is 8.08. The van der Waals surface area contributed by atoms with Crippen LogP contribution >= 0.6 is 0 Å². The highest BCUT2D eigenvalue weighted by atomic mass is 32.2. The summed E-state index contributed by atoms with van der Waals surface area (Å²) >= 11 is 0. The predicted molar refractivity (Wildman–Crippen MR) is 120 cm³/mol. The lowest BCUT2D eigenvalue weighted by Crippen LogP contribution is -2.39. The van der Waals surface area contributed by atoms with Gasteiger partial charge in [-0.25, -0.2) is 13.2 Å². The third kappa shape index (κ3) is 5.40. The van der Waals surface area contributed by atoms with Gasteiger partial charge in [0.1, 0.15) is 0 Å². The fraction of sp³-hybridized carbons (Fsp3) is 0.435. The van der Waals surface area contributed by atoms with Crippen molar-refractivity contribution in [2.45, 2.75) is 44.9 Å². The molecule has 7 heteroatoms. The molecule has 1 aliphatic heterocycles. The average Bonchev–Trinajstić information content (AvgIpc) is 2.72. The van der Waals surface area contributed by atoms with E-state index >= 15 is 0 Å². The molecular formula is C23H31N3O3S. The number of sulfonamides is 1. The van der Waals surface area contributed by atoms with Crippen LogP contribution in [0.5, 0.6) is 0 Å². The number of carbonyl (C=O) groups excluding carboxylic acids is 1. The molecule has 1 aliphatic rings. The van der Waals surface area contributed by atoms with Crippen molar-refractivity contribution in [3.63, 3.8) is 0 Å². The van der Waals surface area contributed by atoms with E-state index in [1.165, 1.54) is 0 Å². The van der Waals surface area contributed by atoms with Gasteiger partial charge in [0.15, 0.2) is 0 Å². The third-order valence-electron chi connectivity index (χ3n) is 5.92. The molecule has 0 bridgehead atoms. The lowest BCUT2D eigenvalue weighted by molar-refractivity contribution is 0.245. The molecule has 0 spiro atoms. The van der Waals surface area contributed by atoms with Crippen LogP contribution in [0.1, 0.15) is 36.0 Å². The Bertz CT molecular complexity index is 979. The minimum atomic E-state index is -3.42. The maximum atomic E-state index is 12.8. The Labute approximate surface area is 179 Å². The first-order valence-electron chi connectivity index (χ1n) is 10.5. The summed E-state index contributed by atoms with van der Waals surface area (Å²) in [5.41, 5.74) is 4.07. The standard InChI is InChI=1S/C23H31N3O3S/c1-17-7-9-21(10-8-17)30(28,29)26-15-12-20(13-16-26)11-14-24-23(27)25-22-6-4-5-18(2)19(22)3/h4-10,20H,11-16H2,1-3H3,(H2,24,25,27). The molecule has 0 aliphatic carbocycles. The van der Waals surface area contributed by atoms with Gasteiger partial charge in [-0.3, -0.25) is 0 Å². The smallest absolute Gasteiger partial charge is 0.319 e. The summed E-state index contributed by atoms with van der Waals surface area (Å²) in [7, 11) is -3.42. The number of anilines is 1. The third-order valence-corrected chi connectivity index (χ3v) is 7.84. The second kappa shape index (κ2) is 9.62. The van der Waals surface area contributed by atoms with Crippen LogP contribution < -0.4 is 10.6 Å². The molecule has 2 aromatic carbocycles. The Balaban J connectivity index is 1.43. The Kier molecular flexibility index (Phi) is 7.15. The number of nitrogens with zero attached hydrogens (tertiary/aromatic N) is 1. The summed E-state index contributed by atoms with van der Waals surface area (Å²) in [5, 5.41) is 5.82. The quantitative estimate of drug-likeness (QED) is 0.721. The number of urea groups is 1. The largest absolute Gasteiger partial charge is 0.338 e. The molecule has 1 heterocycles. The van der Waals surface area contributed by atoms with Crippen LogP contribution in [0.4, 0.5) is 10.5 Å². The molecule has 2 N–H and O–H groups in total. The van der Waals surface area contributed by atoms with Crippen molar-refractivity contribution in [1.82, 2.24) is 9.62 Å². The first kappa shape index (κ1) is 22.3. The van der Waals surface area contributed by atoms with Gasteiger partial charge >= 0.3 is 6.03 Å². The maximum Gasteiger partial charge on any atom is 0.319 e. The summed E-state index contributed by atoms with van der Waals surface area (Å²) in [6.07, 6.45) is 2.47. The van der Waals surface area contributed by atoms with Gasteiger partial charge in [-0.15, -0.1) is 0 Å². The number of carbonyl (C=O) groups is 1. The lowest BCUT2D eigenvalue weighted by atomic mass is 9.95. The number of hydrogen-bond acceptors (Lipinski definition) is 3. The van der Waals surface area contributed by atoms with E-state index in [-0.39, 0.29) is 6.03 Å². The number of hydrogen-bond donors (Lipinski definition) is 2. The molecule has 0 unspecified atom stereocenters. The van der Waals surface area contributed by atoms with Crippen molar-refractivity contribution < 1.29 is 13.2 Å². The number of piperidine rings is 1. The van der Waals surface area contributed by atoms with E-state index < -0.39 is 10.0 Å². The normalized spacial score (nSPS) is 15.7. The van der Waals surface area contributed by atoms with E-state index in [0.29, 0.717) is 30.4 Å². The van der Waals surface area contributed by atoms with E-state index in [2.05, 4.69) is 10.6 Å². The molecule has 30 heavy (non-hydrogen) atoms. The number of nitrogens with one attached hydrogen (secondary N) is 2. The van der Waals surface area contributed by atoms with Crippen molar-refractivity contribution in [3.8, 4) is 0 Å². The van der Waals surface area contributed by atoms with E-state index in [0.717, 1.165) is 41.6 Å². The minimum absolute atomic E-state index is 0.205. The Hall–Kier alpha value is -2.38. The summed E-state index contributed by atoms with van der Waals surface area (Å²) < 4.78 is 27.2. The van der Waals surface area contributed by atoms with Crippen LogP contribution in [0, 0.1) is 26.7 Å². The number of aryl methyl sites for hydroxylation is 2. The van der Waals surface area contributed by atoms with Gasteiger partial charge in [0.05, 0.1) is 4.90 Å². The molecule has 0 radical (unpaired) electrons. The van der Waals surface area contributed by atoms with E-state index in [4.69, 9.17) is 0 Å². The number of benzene rings is 2. The molecule has 2 amide bonds. The SMILES string of the molecule is Cc1ccc(S(=O)(=O)N2CCC(CCNC(=O)Nc3cccc(C)c3C)CC2)cc1. The number of amides is 2. The van der Waals surface area contributed by atoms with Crippen LogP contribution in [0.2, 0.25) is 0 Å².